The average Bonchev–Trinajstić information content (AvgIpc) is 2.78. The SMILES string of the molecule is CCC(NCc1cn[nH]c1C)c1ccc(C)cc1. The van der Waals surface area contributed by atoms with Gasteiger partial charge in [-0.2, -0.15) is 5.10 Å². The van der Waals surface area contributed by atoms with E-state index >= 15 is 0 Å². The Balaban J connectivity index is 2.01. The number of nitrogens with one attached hydrogen (secondary N) is 2. The lowest BCUT2D eigenvalue weighted by Crippen LogP contribution is -2.20. The minimum Gasteiger partial charge on any atom is -0.306 e. The average molecular weight is 243 g/mol. The van der Waals surface area contributed by atoms with Crippen LogP contribution in [-0.4, -0.2) is 10.2 Å². The van der Waals surface area contributed by atoms with Crippen LogP contribution >= 0.6 is 0 Å². The molecule has 3 heteroatoms. The fraction of sp³-hybridized carbons (Fsp3) is 0.400. The van der Waals surface area contributed by atoms with Crippen LogP contribution in [0.2, 0.25) is 0 Å². The molecule has 2 aromatic rings. The summed E-state index contributed by atoms with van der Waals surface area (Å²) >= 11 is 0. The van der Waals surface area contributed by atoms with Gasteiger partial charge in [0.15, 0.2) is 0 Å². The normalized spacial score (nSPS) is 12.6. The molecule has 2 N–H and O–H groups in total. The standard InChI is InChI=1S/C15H21N3/c1-4-15(13-7-5-11(2)6-8-13)16-9-14-10-17-18-12(14)3/h5-8,10,15-16H,4,9H2,1-3H3,(H,17,18). The van der Waals surface area contributed by atoms with Crippen molar-refractivity contribution in [1.82, 2.24) is 15.5 Å². The Morgan fingerprint density at radius 1 is 1.22 bits per heavy atom. The Labute approximate surface area is 109 Å². The van der Waals surface area contributed by atoms with Crippen molar-refractivity contribution in [3.8, 4) is 0 Å². The van der Waals surface area contributed by atoms with E-state index in [0.29, 0.717) is 6.04 Å². The fourth-order valence-electron chi connectivity index (χ4n) is 2.08. The Kier molecular flexibility index (Phi) is 4.15. The second kappa shape index (κ2) is 5.83. The van der Waals surface area contributed by atoms with E-state index in [2.05, 4.69) is 60.6 Å². The second-order valence-electron chi connectivity index (χ2n) is 4.77. The molecule has 0 spiro atoms. The number of aryl methyl sites for hydroxylation is 2. The molecule has 2 rings (SSSR count). The Hall–Kier alpha value is -1.61. The van der Waals surface area contributed by atoms with Gasteiger partial charge in [0.2, 0.25) is 0 Å². The highest BCUT2D eigenvalue weighted by molar-refractivity contribution is 5.24. The summed E-state index contributed by atoms with van der Waals surface area (Å²) in [5.74, 6) is 0. The lowest BCUT2D eigenvalue weighted by atomic mass is 10.0. The summed E-state index contributed by atoms with van der Waals surface area (Å²) in [5, 5.41) is 10.6. The zero-order valence-corrected chi connectivity index (χ0v) is 11.3. The van der Waals surface area contributed by atoms with Crippen molar-refractivity contribution < 1.29 is 0 Å². The van der Waals surface area contributed by atoms with Crippen molar-refractivity contribution in [3.63, 3.8) is 0 Å². The van der Waals surface area contributed by atoms with Gasteiger partial charge in [-0.1, -0.05) is 36.8 Å². The number of benzene rings is 1. The van der Waals surface area contributed by atoms with Crippen LogP contribution in [-0.2, 0) is 6.54 Å². The molecule has 1 unspecified atom stereocenters. The zero-order valence-electron chi connectivity index (χ0n) is 11.3. The predicted octanol–water partition coefficient (Wildman–Crippen LogP) is 3.27. The molecule has 0 aliphatic heterocycles. The molecule has 0 amide bonds. The van der Waals surface area contributed by atoms with Gasteiger partial charge in [0, 0.05) is 23.8 Å². The molecule has 96 valence electrons. The van der Waals surface area contributed by atoms with Gasteiger partial charge in [-0.05, 0) is 25.8 Å². The summed E-state index contributed by atoms with van der Waals surface area (Å²) in [6.45, 7) is 7.23. The zero-order chi connectivity index (χ0) is 13.0. The Morgan fingerprint density at radius 2 is 1.94 bits per heavy atom. The fourth-order valence-corrected chi connectivity index (χ4v) is 2.08. The molecule has 1 aromatic heterocycles. The first-order valence-corrected chi connectivity index (χ1v) is 6.49. The number of hydrogen-bond acceptors (Lipinski definition) is 2. The van der Waals surface area contributed by atoms with E-state index in [-0.39, 0.29) is 0 Å². The lowest BCUT2D eigenvalue weighted by molar-refractivity contribution is 0.518. The molecule has 1 atom stereocenters. The third-order valence-electron chi connectivity index (χ3n) is 3.36. The summed E-state index contributed by atoms with van der Waals surface area (Å²) in [5.41, 5.74) is 5.03. The smallest absolute Gasteiger partial charge is 0.0535 e. The third-order valence-corrected chi connectivity index (χ3v) is 3.36. The minimum atomic E-state index is 0.403. The van der Waals surface area contributed by atoms with Crippen LogP contribution in [0.15, 0.2) is 30.5 Å². The van der Waals surface area contributed by atoms with Gasteiger partial charge >= 0.3 is 0 Å². The largest absolute Gasteiger partial charge is 0.306 e. The molecule has 0 aliphatic carbocycles. The summed E-state index contributed by atoms with van der Waals surface area (Å²) in [4.78, 5) is 0. The topological polar surface area (TPSA) is 40.7 Å². The molecule has 1 aromatic carbocycles. The van der Waals surface area contributed by atoms with E-state index in [1.54, 1.807) is 0 Å². The summed E-state index contributed by atoms with van der Waals surface area (Å²) in [7, 11) is 0. The van der Waals surface area contributed by atoms with Gasteiger partial charge in [0.1, 0.15) is 0 Å². The van der Waals surface area contributed by atoms with E-state index in [0.717, 1.165) is 18.7 Å². The maximum absolute atomic E-state index is 4.04. The van der Waals surface area contributed by atoms with Crippen LogP contribution in [0.25, 0.3) is 0 Å². The van der Waals surface area contributed by atoms with Crippen LogP contribution in [0.5, 0.6) is 0 Å². The quantitative estimate of drug-likeness (QED) is 0.846. The van der Waals surface area contributed by atoms with E-state index in [4.69, 9.17) is 0 Å². The lowest BCUT2D eigenvalue weighted by Gasteiger charge is -2.17. The molecule has 18 heavy (non-hydrogen) atoms. The van der Waals surface area contributed by atoms with Crippen LogP contribution in [0.4, 0.5) is 0 Å². The molecule has 3 nitrogen and oxygen atoms in total. The van der Waals surface area contributed by atoms with Crippen molar-refractivity contribution in [3.05, 3.63) is 52.8 Å². The van der Waals surface area contributed by atoms with Gasteiger partial charge in [0.25, 0.3) is 0 Å². The number of hydrogen-bond donors (Lipinski definition) is 2. The highest BCUT2D eigenvalue weighted by Gasteiger charge is 2.09. The minimum absolute atomic E-state index is 0.403. The molecule has 0 aliphatic rings. The molecule has 1 heterocycles. The number of rotatable bonds is 5. The monoisotopic (exact) mass is 243 g/mol. The van der Waals surface area contributed by atoms with Crippen LogP contribution < -0.4 is 5.32 Å². The van der Waals surface area contributed by atoms with Crippen LogP contribution in [0, 0.1) is 13.8 Å². The van der Waals surface area contributed by atoms with E-state index in [9.17, 15) is 0 Å². The van der Waals surface area contributed by atoms with E-state index in [1.807, 2.05) is 6.20 Å². The molecular weight excluding hydrogens is 222 g/mol. The molecule has 0 saturated heterocycles. The van der Waals surface area contributed by atoms with E-state index < -0.39 is 0 Å². The van der Waals surface area contributed by atoms with Gasteiger partial charge in [0.05, 0.1) is 6.20 Å². The first-order chi connectivity index (χ1) is 8.70. The van der Waals surface area contributed by atoms with Gasteiger partial charge < -0.3 is 5.32 Å². The van der Waals surface area contributed by atoms with Gasteiger partial charge in [-0.15, -0.1) is 0 Å². The Morgan fingerprint density at radius 3 is 2.50 bits per heavy atom. The number of nitrogens with zero attached hydrogens (tertiary/aromatic N) is 1. The summed E-state index contributed by atoms with van der Waals surface area (Å²) in [6, 6.07) is 9.16. The van der Waals surface area contributed by atoms with Crippen molar-refractivity contribution >= 4 is 0 Å². The van der Waals surface area contributed by atoms with Gasteiger partial charge in [-0.25, -0.2) is 0 Å². The summed E-state index contributed by atoms with van der Waals surface area (Å²) in [6.07, 6.45) is 2.98. The molecule has 0 fully saturated rings. The first-order valence-electron chi connectivity index (χ1n) is 6.49. The van der Waals surface area contributed by atoms with Crippen molar-refractivity contribution in [1.29, 1.82) is 0 Å². The number of aromatic nitrogens is 2. The predicted molar refractivity (Wildman–Crippen MR) is 74.4 cm³/mol. The maximum Gasteiger partial charge on any atom is 0.0535 e. The van der Waals surface area contributed by atoms with Crippen molar-refractivity contribution in [2.24, 2.45) is 0 Å². The van der Waals surface area contributed by atoms with Crippen molar-refractivity contribution in [2.45, 2.75) is 39.8 Å². The number of aromatic amines is 1. The maximum atomic E-state index is 4.04. The second-order valence-corrected chi connectivity index (χ2v) is 4.77. The number of H-pyrrole nitrogens is 1. The van der Waals surface area contributed by atoms with Crippen LogP contribution in [0.3, 0.4) is 0 Å². The molecule has 0 radical (unpaired) electrons. The highest BCUT2D eigenvalue weighted by Crippen LogP contribution is 2.18. The molecule has 0 bridgehead atoms. The molecule has 0 saturated carbocycles. The van der Waals surface area contributed by atoms with Crippen LogP contribution in [0.1, 0.15) is 41.8 Å². The van der Waals surface area contributed by atoms with Gasteiger partial charge in [-0.3, -0.25) is 5.10 Å². The van der Waals surface area contributed by atoms with Crippen molar-refractivity contribution in [2.75, 3.05) is 0 Å². The van der Waals surface area contributed by atoms with E-state index in [1.165, 1.54) is 16.7 Å². The third kappa shape index (κ3) is 2.99. The Bertz CT molecular complexity index is 485. The molecular formula is C15H21N3. The summed E-state index contributed by atoms with van der Waals surface area (Å²) < 4.78 is 0. The first kappa shape index (κ1) is 12.8. The highest BCUT2D eigenvalue weighted by atomic mass is 15.1.